The van der Waals surface area contributed by atoms with E-state index in [9.17, 15) is 0 Å². The monoisotopic (exact) mass is 244 g/mol. The molecule has 1 atom stereocenters. The van der Waals surface area contributed by atoms with Gasteiger partial charge in [-0.05, 0) is 38.4 Å². The minimum absolute atomic E-state index is 0.721. The molecule has 1 saturated heterocycles. The first-order chi connectivity index (χ1) is 8.93. The van der Waals surface area contributed by atoms with Crippen LogP contribution in [0.15, 0.2) is 34.9 Å². The standard InChI is InChI=1S/C15H20N2O/c1-2-6-15-14(5-1)12(11-18-15)10-16-9-7-13-4-3-8-17-13/h1-2,5-6,11,13,16-17H,3-4,7-10H2. The smallest absolute Gasteiger partial charge is 0.134 e. The number of nitrogens with one attached hydrogen (secondary N) is 2. The van der Waals surface area contributed by atoms with Crippen LogP contribution < -0.4 is 10.6 Å². The minimum atomic E-state index is 0.721. The maximum absolute atomic E-state index is 5.53. The van der Waals surface area contributed by atoms with Gasteiger partial charge < -0.3 is 15.1 Å². The minimum Gasteiger partial charge on any atom is -0.464 e. The number of fused-ring (bicyclic) bond motifs is 1. The number of para-hydroxylation sites is 1. The highest BCUT2D eigenvalue weighted by Gasteiger charge is 2.12. The highest BCUT2D eigenvalue weighted by Crippen LogP contribution is 2.20. The fourth-order valence-corrected chi connectivity index (χ4v) is 2.67. The summed E-state index contributed by atoms with van der Waals surface area (Å²) in [6.07, 6.45) is 5.74. The molecule has 18 heavy (non-hydrogen) atoms. The van der Waals surface area contributed by atoms with Crippen LogP contribution in [0.25, 0.3) is 11.0 Å². The summed E-state index contributed by atoms with van der Waals surface area (Å²) in [5.74, 6) is 0. The lowest BCUT2D eigenvalue weighted by atomic mass is 10.1. The Morgan fingerprint density at radius 2 is 2.28 bits per heavy atom. The van der Waals surface area contributed by atoms with Crippen molar-refractivity contribution in [2.75, 3.05) is 13.1 Å². The molecule has 1 aromatic carbocycles. The van der Waals surface area contributed by atoms with Crippen molar-refractivity contribution in [2.24, 2.45) is 0 Å². The van der Waals surface area contributed by atoms with Gasteiger partial charge in [-0.2, -0.15) is 0 Å². The van der Waals surface area contributed by atoms with Gasteiger partial charge in [0.25, 0.3) is 0 Å². The number of benzene rings is 1. The van der Waals surface area contributed by atoms with Gasteiger partial charge in [-0.1, -0.05) is 18.2 Å². The number of rotatable bonds is 5. The van der Waals surface area contributed by atoms with Gasteiger partial charge in [0, 0.05) is 23.5 Å². The summed E-state index contributed by atoms with van der Waals surface area (Å²) in [7, 11) is 0. The van der Waals surface area contributed by atoms with E-state index in [1.54, 1.807) is 0 Å². The van der Waals surface area contributed by atoms with Crippen LogP contribution in [-0.4, -0.2) is 19.1 Å². The SMILES string of the molecule is c1ccc2c(CNCCC3CCCN3)coc2c1. The van der Waals surface area contributed by atoms with Crippen LogP contribution in [0, 0.1) is 0 Å². The van der Waals surface area contributed by atoms with E-state index in [1.165, 1.54) is 36.8 Å². The predicted molar refractivity (Wildman–Crippen MR) is 73.6 cm³/mol. The summed E-state index contributed by atoms with van der Waals surface area (Å²) in [5.41, 5.74) is 2.23. The average Bonchev–Trinajstić information content (AvgIpc) is 3.04. The summed E-state index contributed by atoms with van der Waals surface area (Å²) in [6.45, 7) is 3.15. The Kier molecular flexibility index (Phi) is 3.62. The molecule has 96 valence electrons. The molecule has 0 radical (unpaired) electrons. The molecular formula is C15H20N2O. The lowest BCUT2D eigenvalue weighted by Gasteiger charge is -2.10. The third-order valence-electron chi connectivity index (χ3n) is 3.71. The van der Waals surface area contributed by atoms with Crippen molar-refractivity contribution in [3.05, 3.63) is 36.1 Å². The molecule has 3 rings (SSSR count). The van der Waals surface area contributed by atoms with Crippen molar-refractivity contribution in [3.8, 4) is 0 Å². The zero-order chi connectivity index (χ0) is 12.2. The van der Waals surface area contributed by atoms with Gasteiger partial charge in [-0.15, -0.1) is 0 Å². The molecule has 0 amide bonds. The summed E-state index contributed by atoms with van der Waals surface area (Å²) in [4.78, 5) is 0. The molecule has 1 aliphatic rings. The van der Waals surface area contributed by atoms with Crippen molar-refractivity contribution in [1.29, 1.82) is 0 Å². The zero-order valence-electron chi connectivity index (χ0n) is 10.6. The van der Waals surface area contributed by atoms with Crippen LogP contribution in [0.3, 0.4) is 0 Å². The van der Waals surface area contributed by atoms with Crippen molar-refractivity contribution >= 4 is 11.0 Å². The molecule has 2 aromatic rings. The van der Waals surface area contributed by atoms with Crippen molar-refractivity contribution < 1.29 is 4.42 Å². The van der Waals surface area contributed by atoms with Gasteiger partial charge in [-0.3, -0.25) is 0 Å². The van der Waals surface area contributed by atoms with Crippen LogP contribution in [0.2, 0.25) is 0 Å². The van der Waals surface area contributed by atoms with Gasteiger partial charge in [0.15, 0.2) is 0 Å². The number of furan rings is 1. The van der Waals surface area contributed by atoms with Crippen LogP contribution >= 0.6 is 0 Å². The Morgan fingerprint density at radius 1 is 1.33 bits per heavy atom. The van der Waals surface area contributed by atoms with E-state index < -0.39 is 0 Å². The Hall–Kier alpha value is -1.32. The predicted octanol–water partition coefficient (Wildman–Crippen LogP) is 2.66. The Labute approximate surface area is 108 Å². The van der Waals surface area contributed by atoms with Gasteiger partial charge in [0.1, 0.15) is 5.58 Å². The van der Waals surface area contributed by atoms with Gasteiger partial charge in [0.05, 0.1) is 6.26 Å². The molecule has 3 nitrogen and oxygen atoms in total. The summed E-state index contributed by atoms with van der Waals surface area (Å²) >= 11 is 0. The lowest BCUT2D eigenvalue weighted by molar-refractivity contribution is 0.522. The topological polar surface area (TPSA) is 37.2 Å². The Morgan fingerprint density at radius 3 is 3.17 bits per heavy atom. The largest absolute Gasteiger partial charge is 0.464 e. The Balaban J connectivity index is 1.50. The van der Waals surface area contributed by atoms with Crippen LogP contribution in [0.5, 0.6) is 0 Å². The van der Waals surface area contributed by atoms with Crippen molar-refractivity contribution in [2.45, 2.75) is 31.8 Å². The average molecular weight is 244 g/mol. The molecule has 0 saturated carbocycles. The molecule has 1 aliphatic heterocycles. The van der Waals surface area contributed by atoms with Crippen LogP contribution in [0.1, 0.15) is 24.8 Å². The number of hydrogen-bond donors (Lipinski definition) is 2. The highest BCUT2D eigenvalue weighted by atomic mass is 16.3. The van der Waals surface area contributed by atoms with Gasteiger partial charge in [-0.25, -0.2) is 0 Å². The van der Waals surface area contributed by atoms with Crippen LogP contribution in [-0.2, 0) is 6.54 Å². The fourth-order valence-electron chi connectivity index (χ4n) is 2.67. The van der Waals surface area contributed by atoms with E-state index in [1.807, 2.05) is 18.4 Å². The molecule has 1 aromatic heterocycles. The normalized spacial score (nSPS) is 19.7. The molecule has 2 N–H and O–H groups in total. The van der Waals surface area contributed by atoms with Gasteiger partial charge in [0.2, 0.25) is 0 Å². The van der Waals surface area contributed by atoms with Gasteiger partial charge >= 0.3 is 0 Å². The number of hydrogen-bond acceptors (Lipinski definition) is 3. The third kappa shape index (κ3) is 2.57. The molecule has 0 aliphatic carbocycles. The molecule has 0 spiro atoms. The quantitative estimate of drug-likeness (QED) is 0.794. The molecule has 1 unspecified atom stereocenters. The Bertz CT molecular complexity index is 500. The van der Waals surface area contributed by atoms with E-state index >= 15 is 0 Å². The van der Waals surface area contributed by atoms with E-state index in [4.69, 9.17) is 4.42 Å². The second-order valence-corrected chi connectivity index (χ2v) is 5.02. The summed E-state index contributed by atoms with van der Waals surface area (Å²) in [6, 6.07) is 8.92. The van der Waals surface area contributed by atoms with E-state index in [0.717, 1.165) is 24.7 Å². The van der Waals surface area contributed by atoms with Crippen LogP contribution in [0.4, 0.5) is 0 Å². The fraction of sp³-hybridized carbons (Fsp3) is 0.467. The first-order valence-corrected chi connectivity index (χ1v) is 6.83. The second kappa shape index (κ2) is 5.55. The molecule has 0 bridgehead atoms. The summed E-state index contributed by atoms with van der Waals surface area (Å²) < 4.78 is 5.53. The molecule has 2 heterocycles. The van der Waals surface area contributed by atoms with E-state index in [-0.39, 0.29) is 0 Å². The maximum atomic E-state index is 5.53. The van der Waals surface area contributed by atoms with E-state index in [0.29, 0.717) is 0 Å². The highest BCUT2D eigenvalue weighted by molar-refractivity contribution is 5.80. The maximum Gasteiger partial charge on any atom is 0.134 e. The molecular weight excluding hydrogens is 224 g/mol. The summed E-state index contributed by atoms with van der Waals surface area (Å²) in [5, 5.41) is 8.25. The molecule has 1 fully saturated rings. The second-order valence-electron chi connectivity index (χ2n) is 5.02. The van der Waals surface area contributed by atoms with E-state index in [2.05, 4.69) is 22.8 Å². The first-order valence-electron chi connectivity index (χ1n) is 6.83. The zero-order valence-corrected chi connectivity index (χ0v) is 10.6. The third-order valence-corrected chi connectivity index (χ3v) is 3.71. The molecule has 3 heteroatoms. The van der Waals surface area contributed by atoms with Crippen molar-refractivity contribution in [1.82, 2.24) is 10.6 Å². The first kappa shape index (κ1) is 11.8. The lowest BCUT2D eigenvalue weighted by Crippen LogP contribution is -2.26. The van der Waals surface area contributed by atoms with Crippen molar-refractivity contribution in [3.63, 3.8) is 0 Å².